The van der Waals surface area contributed by atoms with Gasteiger partial charge in [0, 0.05) is 24.2 Å². The van der Waals surface area contributed by atoms with Gasteiger partial charge in [-0.1, -0.05) is 17.7 Å². The van der Waals surface area contributed by atoms with Crippen molar-refractivity contribution in [3.63, 3.8) is 0 Å². The summed E-state index contributed by atoms with van der Waals surface area (Å²) >= 11 is 3.39. The van der Waals surface area contributed by atoms with Gasteiger partial charge < -0.3 is 10.1 Å². The van der Waals surface area contributed by atoms with Crippen LogP contribution in [0.2, 0.25) is 0 Å². The second-order valence-corrected chi connectivity index (χ2v) is 6.30. The molecule has 0 aliphatic heterocycles. The topological polar surface area (TPSA) is 21.3 Å². The molecule has 0 atom stereocenters. The lowest BCUT2D eigenvalue weighted by atomic mass is 10.1. The van der Waals surface area contributed by atoms with E-state index in [1.807, 2.05) is 12.1 Å². The van der Waals surface area contributed by atoms with Crippen LogP contribution in [0.1, 0.15) is 24.0 Å². The predicted octanol–water partition coefficient (Wildman–Crippen LogP) is 4.94. The fourth-order valence-corrected chi connectivity index (χ4v) is 2.49. The molecule has 0 saturated heterocycles. The average Bonchev–Trinajstić information content (AvgIpc) is 3.27. The van der Waals surface area contributed by atoms with Crippen LogP contribution in [-0.2, 0) is 6.54 Å². The van der Waals surface area contributed by atoms with Gasteiger partial charge in [0.2, 0.25) is 0 Å². The average molecular weight is 350 g/mol. The molecule has 0 aromatic heterocycles. The molecule has 0 bridgehead atoms. The van der Waals surface area contributed by atoms with E-state index in [0.29, 0.717) is 11.8 Å². The summed E-state index contributed by atoms with van der Waals surface area (Å²) in [5.41, 5.74) is 2.28. The van der Waals surface area contributed by atoms with Gasteiger partial charge in [0.1, 0.15) is 17.3 Å². The summed E-state index contributed by atoms with van der Waals surface area (Å²) in [7, 11) is 0. The maximum atomic E-state index is 13.4. The normalized spacial score (nSPS) is 14.2. The molecular formula is C17H17BrFNO. The highest BCUT2D eigenvalue weighted by atomic mass is 79.9. The van der Waals surface area contributed by atoms with Crippen LogP contribution in [0.4, 0.5) is 4.39 Å². The number of nitrogens with one attached hydrogen (secondary N) is 1. The maximum Gasteiger partial charge on any atom is 0.144 e. The molecule has 110 valence electrons. The Labute approximate surface area is 132 Å². The molecule has 2 aromatic carbocycles. The number of benzene rings is 2. The Balaban J connectivity index is 1.84. The first-order valence-electron chi connectivity index (χ1n) is 7.07. The molecule has 1 N–H and O–H groups in total. The first kappa shape index (κ1) is 14.5. The molecule has 1 fully saturated rings. The van der Waals surface area contributed by atoms with Crippen LogP contribution >= 0.6 is 15.9 Å². The van der Waals surface area contributed by atoms with E-state index in [9.17, 15) is 4.39 Å². The van der Waals surface area contributed by atoms with Gasteiger partial charge in [-0.3, -0.25) is 0 Å². The zero-order chi connectivity index (χ0) is 14.8. The minimum Gasteiger partial charge on any atom is -0.456 e. The lowest BCUT2D eigenvalue weighted by Crippen LogP contribution is -2.15. The first-order valence-corrected chi connectivity index (χ1v) is 7.87. The number of hydrogen-bond acceptors (Lipinski definition) is 2. The molecule has 2 aromatic rings. The summed E-state index contributed by atoms with van der Waals surface area (Å²) in [5.74, 6) is 0.949. The van der Waals surface area contributed by atoms with Crippen LogP contribution in [0.25, 0.3) is 0 Å². The molecule has 3 rings (SSSR count). The Morgan fingerprint density at radius 2 is 2.00 bits per heavy atom. The number of halogens is 2. The van der Waals surface area contributed by atoms with Gasteiger partial charge in [0.15, 0.2) is 0 Å². The van der Waals surface area contributed by atoms with Gasteiger partial charge in [-0.25, -0.2) is 4.39 Å². The summed E-state index contributed by atoms with van der Waals surface area (Å²) < 4.78 is 20.0. The molecule has 0 radical (unpaired) electrons. The SMILES string of the molecule is Cc1ccc(Oc2cc(F)ccc2Br)c(CNC2CC2)c1. The van der Waals surface area contributed by atoms with E-state index in [0.717, 1.165) is 22.3 Å². The van der Waals surface area contributed by atoms with E-state index < -0.39 is 0 Å². The molecule has 0 unspecified atom stereocenters. The fourth-order valence-electron chi connectivity index (χ4n) is 2.16. The number of ether oxygens (including phenoxy) is 1. The van der Waals surface area contributed by atoms with Gasteiger partial charge in [0.05, 0.1) is 4.47 Å². The molecule has 21 heavy (non-hydrogen) atoms. The molecule has 0 heterocycles. The summed E-state index contributed by atoms with van der Waals surface area (Å²) in [6.45, 7) is 2.83. The lowest BCUT2D eigenvalue weighted by Gasteiger charge is -2.14. The Morgan fingerprint density at radius 3 is 2.76 bits per heavy atom. The van der Waals surface area contributed by atoms with Crippen molar-refractivity contribution < 1.29 is 9.13 Å². The third-order valence-corrected chi connectivity index (χ3v) is 4.14. The van der Waals surface area contributed by atoms with Crippen LogP contribution in [0.3, 0.4) is 0 Å². The highest BCUT2D eigenvalue weighted by Gasteiger charge is 2.20. The van der Waals surface area contributed by atoms with Gasteiger partial charge in [0.25, 0.3) is 0 Å². The fraction of sp³-hybridized carbons (Fsp3) is 0.294. The molecule has 0 spiro atoms. The van der Waals surface area contributed by atoms with E-state index >= 15 is 0 Å². The Hall–Kier alpha value is -1.39. The zero-order valence-corrected chi connectivity index (χ0v) is 13.4. The Kier molecular flexibility index (Phi) is 4.27. The largest absolute Gasteiger partial charge is 0.456 e. The van der Waals surface area contributed by atoms with Crippen molar-refractivity contribution in [2.24, 2.45) is 0 Å². The minimum atomic E-state index is -0.307. The number of aryl methyl sites for hydroxylation is 1. The smallest absolute Gasteiger partial charge is 0.144 e. The van der Waals surface area contributed by atoms with Crippen LogP contribution in [0, 0.1) is 12.7 Å². The second kappa shape index (κ2) is 6.16. The first-order chi connectivity index (χ1) is 10.1. The van der Waals surface area contributed by atoms with E-state index in [-0.39, 0.29) is 5.82 Å². The van der Waals surface area contributed by atoms with Crippen molar-refractivity contribution in [2.75, 3.05) is 0 Å². The third kappa shape index (κ3) is 3.83. The lowest BCUT2D eigenvalue weighted by molar-refractivity contribution is 0.464. The Bertz CT molecular complexity index is 655. The zero-order valence-electron chi connectivity index (χ0n) is 11.8. The van der Waals surface area contributed by atoms with Crippen LogP contribution in [0.15, 0.2) is 40.9 Å². The summed E-state index contributed by atoms with van der Waals surface area (Å²) in [5, 5.41) is 3.49. The standard InChI is InChI=1S/C17H17BrFNO/c1-11-2-7-16(12(8-11)10-20-14-4-5-14)21-17-9-13(19)3-6-15(17)18/h2-3,6-9,14,20H,4-5,10H2,1H3. The minimum absolute atomic E-state index is 0.307. The summed E-state index contributed by atoms with van der Waals surface area (Å²) in [6, 6.07) is 11.1. The third-order valence-electron chi connectivity index (χ3n) is 3.49. The number of rotatable bonds is 5. The highest BCUT2D eigenvalue weighted by Crippen LogP contribution is 2.33. The Morgan fingerprint density at radius 1 is 1.19 bits per heavy atom. The van der Waals surface area contributed by atoms with Gasteiger partial charge in [-0.2, -0.15) is 0 Å². The maximum absolute atomic E-state index is 13.4. The van der Waals surface area contributed by atoms with Crippen LogP contribution in [-0.4, -0.2) is 6.04 Å². The molecule has 0 amide bonds. The monoisotopic (exact) mass is 349 g/mol. The van der Waals surface area contributed by atoms with Crippen molar-refractivity contribution in [3.05, 3.63) is 57.8 Å². The van der Waals surface area contributed by atoms with Crippen molar-refractivity contribution in [1.29, 1.82) is 0 Å². The second-order valence-electron chi connectivity index (χ2n) is 5.44. The van der Waals surface area contributed by atoms with Crippen LogP contribution < -0.4 is 10.1 Å². The van der Waals surface area contributed by atoms with Gasteiger partial charge >= 0.3 is 0 Å². The van der Waals surface area contributed by atoms with E-state index in [4.69, 9.17) is 4.74 Å². The van der Waals surface area contributed by atoms with Crippen molar-refractivity contribution in [3.8, 4) is 11.5 Å². The summed E-state index contributed by atoms with van der Waals surface area (Å²) in [4.78, 5) is 0. The van der Waals surface area contributed by atoms with Crippen LogP contribution in [0.5, 0.6) is 11.5 Å². The van der Waals surface area contributed by atoms with Crippen molar-refractivity contribution >= 4 is 15.9 Å². The van der Waals surface area contributed by atoms with E-state index in [1.165, 1.54) is 30.5 Å². The predicted molar refractivity (Wildman–Crippen MR) is 85.2 cm³/mol. The highest BCUT2D eigenvalue weighted by molar-refractivity contribution is 9.10. The molecular weight excluding hydrogens is 333 g/mol. The number of hydrogen-bond donors (Lipinski definition) is 1. The van der Waals surface area contributed by atoms with Gasteiger partial charge in [-0.15, -0.1) is 0 Å². The van der Waals surface area contributed by atoms with E-state index in [2.05, 4.69) is 34.2 Å². The van der Waals surface area contributed by atoms with Gasteiger partial charge in [-0.05, 0) is 53.9 Å². The quantitative estimate of drug-likeness (QED) is 0.825. The molecule has 1 aliphatic carbocycles. The molecule has 4 heteroatoms. The van der Waals surface area contributed by atoms with E-state index in [1.54, 1.807) is 6.07 Å². The van der Waals surface area contributed by atoms with Crippen molar-refractivity contribution in [1.82, 2.24) is 5.32 Å². The molecule has 1 saturated carbocycles. The van der Waals surface area contributed by atoms with Crippen molar-refractivity contribution in [2.45, 2.75) is 32.4 Å². The summed E-state index contributed by atoms with van der Waals surface area (Å²) in [6.07, 6.45) is 2.49. The molecule has 1 aliphatic rings. The molecule has 2 nitrogen and oxygen atoms in total.